The second-order valence-electron chi connectivity index (χ2n) is 7.18. The molecule has 0 bridgehead atoms. The topological polar surface area (TPSA) is 27.7 Å². The summed E-state index contributed by atoms with van der Waals surface area (Å²) in [5.74, 6) is -2.51. The van der Waals surface area contributed by atoms with Crippen LogP contribution in [0.3, 0.4) is 0 Å². The molecule has 0 aliphatic carbocycles. The Morgan fingerprint density at radius 3 is 2.37 bits per heavy atom. The predicted octanol–water partition coefficient (Wildman–Crippen LogP) is 6.62. The fourth-order valence-corrected chi connectivity index (χ4v) is 3.37. The summed E-state index contributed by atoms with van der Waals surface area (Å²) in [5, 5.41) is 0. The van der Waals surface area contributed by atoms with Crippen LogP contribution in [0.15, 0.2) is 36.4 Å². The van der Waals surface area contributed by atoms with Crippen molar-refractivity contribution in [3.8, 4) is 22.6 Å². The van der Waals surface area contributed by atoms with Crippen molar-refractivity contribution in [1.82, 2.24) is 0 Å². The summed E-state index contributed by atoms with van der Waals surface area (Å²) in [6.07, 6.45) is -5.74. The number of ether oxygens (including phenoxy) is 3. The Bertz CT molecular complexity index is 847. The number of rotatable bonds is 7. The molecular formula is C22H23F5O3. The first-order valence-corrected chi connectivity index (χ1v) is 9.75. The van der Waals surface area contributed by atoms with Gasteiger partial charge in [-0.3, -0.25) is 0 Å². The maximum absolute atomic E-state index is 14.7. The molecule has 0 aromatic heterocycles. The quantitative estimate of drug-likeness (QED) is 0.462. The van der Waals surface area contributed by atoms with E-state index in [2.05, 4.69) is 0 Å². The van der Waals surface area contributed by atoms with Gasteiger partial charge in [-0.05, 0) is 56.5 Å². The Balaban J connectivity index is 1.79. The first-order valence-electron chi connectivity index (χ1n) is 9.75. The molecule has 164 valence electrons. The summed E-state index contributed by atoms with van der Waals surface area (Å²) >= 11 is 0. The SMILES string of the molecule is CCOc1ccc(-c2ccc(OC(F)(F)C3CCC(C)OC3)cc2)c(F)c1C(F)F. The molecule has 30 heavy (non-hydrogen) atoms. The van der Waals surface area contributed by atoms with E-state index in [1.807, 2.05) is 6.92 Å². The number of hydrogen-bond donors (Lipinski definition) is 0. The van der Waals surface area contributed by atoms with Crippen LogP contribution in [-0.4, -0.2) is 25.4 Å². The Morgan fingerprint density at radius 1 is 1.10 bits per heavy atom. The zero-order valence-corrected chi connectivity index (χ0v) is 16.6. The highest BCUT2D eigenvalue weighted by molar-refractivity contribution is 5.67. The van der Waals surface area contributed by atoms with E-state index in [1.165, 1.54) is 36.4 Å². The lowest BCUT2D eigenvalue weighted by Crippen LogP contribution is -2.41. The number of benzene rings is 2. The monoisotopic (exact) mass is 430 g/mol. The second-order valence-corrected chi connectivity index (χ2v) is 7.18. The first-order chi connectivity index (χ1) is 14.2. The maximum atomic E-state index is 14.7. The Morgan fingerprint density at radius 2 is 1.80 bits per heavy atom. The van der Waals surface area contributed by atoms with Gasteiger partial charge < -0.3 is 14.2 Å². The Hall–Kier alpha value is -2.35. The molecule has 3 rings (SSSR count). The summed E-state index contributed by atoms with van der Waals surface area (Å²) in [7, 11) is 0. The second kappa shape index (κ2) is 9.20. The minimum atomic E-state index is -3.42. The maximum Gasteiger partial charge on any atom is 0.402 e. The lowest BCUT2D eigenvalue weighted by atomic mass is 9.98. The predicted molar refractivity (Wildman–Crippen MR) is 102 cm³/mol. The fraction of sp³-hybridized carbons (Fsp3) is 0.455. The van der Waals surface area contributed by atoms with Crippen LogP contribution >= 0.6 is 0 Å². The van der Waals surface area contributed by atoms with Crippen molar-refractivity contribution in [2.75, 3.05) is 13.2 Å². The summed E-state index contributed by atoms with van der Waals surface area (Å²) in [4.78, 5) is 0. The molecular weight excluding hydrogens is 407 g/mol. The van der Waals surface area contributed by atoms with E-state index in [0.717, 1.165) is 0 Å². The van der Waals surface area contributed by atoms with Crippen molar-refractivity contribution in [3.05, 3.63) is 47.8 Å². The van der Waals surface area contributed by atoms with Gasteiger partial charge in [0.25, 0.3) is 6.43 Å². The van der Waals surface area contributed by atoms with Crippen molar-refractivity contribution < 1.29 is 36.2 Å². The normalized spacial score (nSPS) is 19.7. The molecule has 0 N–H and O–H groups in total. The van der Waals surface area contributed by atoms with E-state index in [0.29, 0.717) is 6.42 Å². The van der Waals surface area contributed by atoms with Crippen LogP contribution in [0.5, 0.6) is 11.5 Å². The average Bonchev–Trinajstić information content (AvgIpc) is 2.69. The smallest absolute Gasteiger partial charge is 0.402 e. The zero-order valence-electron chi connectivity index (χ0n) is 16.6. The van der Waals surface area contributed by atoms with Gasteiger partial charge >= 0.3 is 6.11 Å². The molecule has 1 saturated heterocycles. The van der Waals surface area contributed by atoms with Crippen molar-refractivity contribution in [3.63, 3.8) is 0 Å². The molecule has 2 aromatic rings. The largest absolute Gasteiger partial charge is 0.493 e. The molecule has 1 heterocycles. The van der Waals surface area contributed by atoms with E-state index in [1.54, 1.807) is 6.92 Å². The van der Waals surface area contributed by atoms with Gasteiger partial charge in [-0.1, -0.05) is 12.1 Å². The number of hydrogen-bond acceptors (Lipinski definition) is 3. The van der Waals surface area contributed by atoms with Gasteiger partial charge in [-0.25, -0.2) is 13.2 Å². The molecule has 3 nitrogen and oxygen atoms in total. The van der Waals surface area contributed by atoms with Crippen LogP contribution < -0.4 is 9.47 Å². The van der Waals surface area contributed by atoms with E-state index in [-0.39, 0.29) is 48.4 Å². The van der Waals surface area contributed by atoms with Crippen LogP contribution in [0.4, 0.5) is 22.0 Å². The lowest BCUT2D eigenvalue weighted by molar-refractivity contribution is -0.240. The van der Waals surface area contributed by atoms with Crippen molar-refractivity contribution >= 4 is 0 Å². The van der Waals surface area contributed by atoms with Gasteiger partial charge in [-0.15, -0.1) is 0 Å². The molecule has 2 aromatic carbocycles. The van der Waals surface area contributed by atoms with Gasteiger partial charge in [0.05, 0.1) is 30.8 Å². The van der Waals surface area contributed by atoms with Crippen molar-refractivity contribution in [2.45, 2.75) is 45.3 Å². The van der Waals surface area contributed by atoms with Gasteiger partial charge in [0, 0.05) is 5.56 Å². The van der Waals surface area contributed by atoms with Gasteiger partial charge in [0.15, 0.2) is 0 Å². The highest BCUT2D eigenvalue weighted by Crippen LogP contribution is 2.39. The van der Waals surface area contributed by atoms with Gasteiger partial charge in [0.2, 0.25) is 0 Å². The van der Waals surface area contributed by atoms with E-state index in [9.17, 15) is 22.0 Å². The number of alkyl halides is 4. The van der Waals surface area contributed by atoms with Crippen LogP contribution in [0.2, 0.25) is 0 Å². The molecule has 0 amide bonds. The van der Waals surface area contributed by atoms with Crippen LogP contribution in [0.1, 0.15) is 38.7 Å². The van der Waals surface area contributed by atoms with E-state index >= 15 is 0 Å². The van der Waals surface area contributed by atoms with Gasteiger partial charge in [0.1, 0.15) is 17.3 Å². The molecule has 0 spiro atoms. The molecule has 1 aliphatic heterocycles. The van der Waals surface area contributed by atoms with Crippen LogP contribution in [0.25, 0.3) is 11.1 Å². The summed E-state index contributed by atoms with van der Waals surface area (Å²) < 4.78 is 85.4. The third kappa shape index (κ3) is 4.86. The Kier molecular flexibility index (Phi) is 6.85. The van der Waals surface area contributed by atoms with Crippen LogP contribution in [0, 0.1) is 11.7 Å². The molecule has 1 aliphatic rings. The minimum absolute atomic E-state index is 0.0570. The highest BCUT2D eigenvalue weighted by Gasteiger charge is 2.44. The molecule has 0 radical (unpaired) electrons. The molecule has 2 unspecified atom stereocenters. The minimum Gasteiger partial charge on any atom is -0.493 e. The van der Waals surface area contributed by atoms with Gasteiger partial charge in [-0.2, -0.15) is 8.78 Å². The first kappa shape index (κ1) is 22.3. The van der Waals surface area contributed by atoms with Crippen LogP contribution in [-0.2, 0) is 4.74 Å². The lowest BCUT2D eigenvalue weighted by Gasteiger charge is -2.32. The third-order valence-corrected chi connectivity index (χ3v) is 5.06. The summed E-state index contributed by atoms with van der Waals surface area (Å²) in [6.45, 7) is 3.45. The Labute approximate surface area is 171 Å². The number of halogens is 5. The van der Waals surface area contributed by atoms with Crippen molar-refractivity contribution in [1.29, 1.82) is 0 Å². The van der Waals surface area contributed by atoms with E-state index in [4.69, 9.17) is 14.2 Å². The third-order valence-electron chi connectivity index (χ3n) is 5.06. The average molecular weight is 430 g/mol. The fourth-order valence-electron chi connectivity index (χ4n) is 3.37. The molecule has 1 fully saturated rings. The molecule has 2 atom stereocenters. The highest BCUT2D eigenvalue weighted by atomic mass is 19.3. The van der Waals surface area contributed by atoms with E-state index < -0.39 is 29.8 Å². The molecule has 8 heteroatoms. The molecule has 0 saturated carbocycles. The summed E-state index contributed by atoms with van der Waals surface area (Å²) in [5.41, 5.74) is -0.655. The standard InChI is InChI=1S/C22H23F5O3/c1-3-28-18-11-10-17(20(23)19(18)21(24)25)14-5-8-16(9-6-14)30-22(26,27)15-7-4-13(2)29-12-15/h5-6,8-11,13,15,21H,3-4,7,12H2,1-2H3. The summed E-state index contributed by atoms with van der Waals surface area (Å²) in [6, 6.07) is 7.79. The van der Waals surface area contributed by atoms with Crippen molar-refractivity contribution in [2.24, 2.45) is 5.92 Å². The zero-order chi connectivity index (χ0) is 21.9.